The third kappa shape index (κ3) is 4.10. The molecule has 1 aromatic carbocycles. The van der Waals surface area contributed by atoms with Crippen LogP contribution >= 0.6 is 0 Å². The molecule has 0 amide bonds. The number of rotatable bonds is 5. The van der Waals surface area contributed by atoms with Crippen molar-refractivity contribution in [2.75, 3.05) is 24.7 Å². The number of aromatic amines is 1. The second kappa shape index (κ2) is 7.01. The van der Waals surface area contributed by atoms with Gasteiger partial charge in [-0.3, -0.25) is 0 Å². The number of H-pyrrole nitrogens is 1. The largest absolute Gasteiger partial charge is 0.434 e. The van der Waals surface area contributed by atoms with E-state index in [1.54, 1.807) is 12.1 Å². The number of piperidine rings is 1. The summed E-state index contributed by atoms with van der Waals surface area (Å²) in [6.45, 7) is 3.99. The highest BCUT2D eigenvalue weighted by Crippen LogP contribution is 2.29. The Labute approximate surface area is 145 Å². The molecule has 1 atom stereocenters. The molecular formula is C16H22N4O4S. The molecule has 1 aliphatic rings. The average Bonchev–Trinajstić information content (AvgIpc) is 3.01. The van der Waals surface area contributed by atoms with Crippen LogP contribution in [0.2, 0.25) is 0 Å². The number of nitrogens with zero attached hydrogens (tertiary/aromatic N) is 1. The molecule has 1 aliphatic heterocycles. The van der Waals surface area contributed by atoms with E-state index in [0.717, 1.165) is 25.9 Å². The van der Waals surface area contributed by atoms with Gasteiger partial charge in [0.15, 0.2) is 9.84 Å². The molecule has 3 rings (SSSR count). The minimum Gasteiger partial charge on any atom is -0.388 e. The van der Waals surface area contributed by atoms with Crippen molar-refractivity contribution in [2.45, 2.75) is 30.7 Å². The molecule has 0 radical (unpaired) electrons. The van der Waals surface area contributed by atoms with E-state index >= 15 is 0 Å². The van der Waals surface area contributed by atoms with Crippen molar-refractivity contribution < 1.29 is 12.8 Å². The topological polar surface area (TPSA) is 117 Å². The van der Waals surface area contributed by atoms with Gasteiger partial charge in [0, 0.05) is 17.9 Å². The van der Waals surface area contributed by atoms with Crippen molar-refractivity contribution in [3.05, 3.63) is 28.7 Å². The van der Waals surface area contributed by atoms with Gasteiger partial charge in [-0.2, -0.15) is 0 Å². The molecule has 9 heteroatoms. The Morgan fingerprint density at radius 3 is 2.64 bits per heavy atom. The molecule has 25 heavy (non-hydrogen) atoms. The first-order valence-corrected chi connectivity index (χ1v) is 10.1. The van der Waals surface area contributed by atoms with Crippen molar-refractivity contribution >= 4 is 15.5 Å². The molecule has 1 fully saturated rings. The molecule has 0 saturated carbocycles. The van der Waals surface area contributed by atoms with Gasteiger partial charge in [0.2, 0.25) is 5.89 Å². The zero-order chi connectivity index (χ0) is 18.0. The van der Waals surface area contributed by atoms with Crippen LogP contribution in [-0.4, -0.2) is 44.0 Å². The first-order chi connectivity index (χ1) is 11.8. The van der Waals surface area contributed by atoms with E-state index in [1.807, 2.05) is 0 Å². The Balaban J connectivity index is 1.94. The van der Waals surface area contributed by atoms with Gasteiger partial charge in [-0.25, -0.2) is 18.3 Å². The first-order valence-electron chi connectivity index (χ1n) is 8.22. The van der Waals surface area contributed by atoms with Crippen molar-refractivity contribution in [3.8, 4) is 11.5 Å². The molecule has 0 unspecified atom stereocenters. The predicted octanol–water partition coefficient (Wildman–Crippen LogP) is 1.23. The standard InChI is InChI=1S/C16H22N4O4S/c1-10(11-5-7-17-8-6-11)18-13-9-12(15-19-20-16(21)24-15)3-4-14(13)25(2,22)23/h3-4,9-11,17-18H,5-8H2,1-2H3,(H,20,21)/t10-/m0/s1. The number of hydrogen-bond donors (Lipinski definition) is 3. The molecule has 0 bridgehead atoms. The van der Waals surface area contributed by atoms with E-state index in [-0.39, 0.29) is 16.8 Å². The lowest BCUT2D eigenvalue weighted by Gasteiger charge is -2.30. The summed E-state index contributed by atoms with van der Waals surface area (Å²) in [6, 6.07) is 4.86. The number of nitrogens with one attached hydrogen (secondary N) is 3. The lowest BCUT2D eigenvalue weighted by atomic mass is 9.91. The molecule has 2 heterocycles. The summed E-state index contributed by atoms with van der Waals surface area (Å²) in [5, 5.41) is 12.7. The Morgan fingerprint density at radius 2 is 2.04 bits per heavy atom. The fourth-order valence-corrected chi connectivity index (χ4v) is 3.99. The lowest BCUT2D eigenvalue weighted by molar-refractivity contribution is 0.343. The van der Waals surface area contributed by atoms with E-state index in [1.165, 1.54) is 12.3 Å². The van der Waals surface area contributed by atoms with Crippen LogP contribution in [0, 0.1) is 5.92 Å². The third-order valence-corrected chi connectivity index (χ3v) is 5.69. The van der Waals surface area contributed by atoms with E-state index in [0.29, 0.717) is 17.2 Å². The summed E-state index contributed by atoms with van der Waals surface area (Å²) in [4.78, 5) is 11.4. The maximum absolute atomic E-state index is 12.1. The average molecular weight is 366 g/mol. The SMILES string of the molecule is C[C@H](Nc1cc(-c2n[nH]c(=O)o2)ccc1S(C)(=O)=O)C1CCNCC1. The zero-order valence-corrected chi connectivity index (χ0v) is 15.0. The third-order valence-electron chi connectivity index (χ3n) is 4.54. The molecule has 8 nitrogen and oxygen atoms in total. The van der Waals surface area contributed by atoms with Crippen molar-refractivity contribution in [2.24, 2.45) is 5.92 Å². The number of sulfone groups is 1. The normalized spacial score (nSPS) is 17.4. The van der Waals surface area contributed by atoms with E-state index in [2.05, 4.69) is 27.8 Å². The summed E-state index contributed by atoms with van der Waals surface area (Å²) in [7, 11) is -3.40. The summed E-state index contributed by atoms with van der Waals surface area (Å²) in [5.74, 6) is -0.0666. The van der Waals surface area contributed by atoms with Crippen molar-refractivity contribution in [1.29, 1.82) is 0 Å². The van der Waals surface area contributed by atoms with Gasteiger partial charge in [0.25, 0.3) is 0 Å². The monoisotopic (exact) mass is 366 g/mol. The first kappa shape index (κ1) is 17.7. The fourth-order valence-electron chi connectivity index (χ4n) is 3.16. The molecule has 1 aromatic heterocycles. The van der Waals surface area contributed by atoms with Gasteiger partial charge in [-0.05, 0) is 57.0 Å². The van der Waals surface area contributed by atoms with Crippen LogP contribution < -0.4 is 16.4 Å². The van der Waals surface area contributed by atoms with Gasteiger partial charge in [-0.1, -0.05) is 0 Å². The minimum absolute atomic E-state index is 0.115. The van der Waals surface area contributed by atoms with Crippen LogP contribution in [0.4, 0.5) is 5.69 Å². The second-order valence-corrected chi connectivity index (χ2v) is 8.41. The summed E-state index contributed by atoms with van der Waals surface area (Å²) in [5.41, 5.74) is 1.03. The summed E-state index contributed by atoms with van der Waals surface area (Å²) >= 11 is 0. The van der Waals surface area contributed by atoms with Crippen molar-refractivity contribution in [1.82, 2.24) is 15.5 Å². The van der Waals surface area contributed by atoms with Crippen LogP contribution in [0.3, 0.4) is 0 Å². The Kier molecular flexibility index (Phi) is 4.96. The maximum Gasteiger partial charge on any atom is 0.434 e. The van der Waals surface area contributed by atoms with E-state index in [4.69, 9.17) is 4.42 Å². The molecule has 136 valence electrons. The number of anilines is 1. The van der Waals surface area contributed by atoms with Gasteiger partial charge < -0.3 is 15.1 Å². The highest BCUT2D eigenvalue weighted by Gasteiger charge is 2.23. The van der Waals surface area contributed by atoms with Crippen LogP contribution in [0.1, 0.15) is 19.8 Å². The van der Waals surface area contributed by atoms with Crippen LogP contribution in [0.15, 0.2) is 32.3 Å². The highest BCUT2D eigenvalue weighted by molar-refractivity contribution is 7.90. The molecule has 3 N–H and O–H groups in total. The van der Waals surface area contributed by atoms with Gasteiger partial charge in [0.1, 0.15) is 0 Å². The van der Waals surface area contributed by atoms with E-state index < -0.39 is 15.6 Å². The van der Waals surface area contributed by atoms with Crippen LogP contribution in [0.5, 0.6) is 0 Å². The lowest BCUT2D eigenvalue weighted by Crippen LogP contribution is -2.36. The summed E-state index contributed by atoms with van der Waals surface area (Å²) < 4.78 is 29.2. The Morgan fingerprint density at radius 1 is 1.32 bits per heavy atom. The highest BCUT2D eigenvalue weighted by atomic mass is 32.2. The fraction of sp³-hybridized carbons (Fsp3) is 0.500. The molecule has 2 aromatic rings. The Bertz CT molecular complexity index is 897. The smallest absolute Gasteiger partial charge is 0.388 e. The maximum atomic E-state index is 12.1. The molecule has 0 spiro atoms. The molecular weight excluding hydrogens is 344 g/mol. The molecule has 0 aliphatic carbocycles. The zero-order valence-electron chi connectivity index (χ0n) is 14.2. The van der Waals surface area contributed by atoms with Gasteiger partial charge in [0.05, 0.1) is 10.6 Å². The number of benzene rings is 1. The van der Waals surface area contributed by atoms with E-state index in [9.17, 15) is 13.2 Å². The summed E-state index contributed by atoms with van der Waals surface area (Å²) in [6.07, 6.45) is 3.25. The number of aromatic nitrogens is 2. The molecule has 1 saturated heterocycles. The minimum atomic E-state index is -3.40. The van der Waals surface area contributed by atoms with Crippen LogP contribution in [0.25, 0.3) is 11.5 Å². The van der Waals surface area contributed by atoms with Gasteiger partial charge in [-0.15, -0.1) is 5.10 Å². The Hall–Kier alpha value is -2.13. The second-order valence-electron chi connectivity index (χ2n) is 6.42. The predicted molar refractivity (Wildman–Crippen MR) is 94.3 cm³/mol. The quantitative estimate of drug-likeness (QED) is 0.728. The van der Waals surface area contributed by atoms with Crippen LogP contribution in [-0.2, 0) is 9.84 Å². The number of hydrogen-bond acceptors (Lipinski definition) is 7. The van der Waals surface area contributed by atoms with Crippen molar-refractivity contribution in [3.63, 3.8) is 0 Å². The van der Waals surface area contributed by atoms with Gasteiger partial charge >= 0.3 is 5.76 Å².